The first-order valence-corrected chi connectivity index (χ1v) is 8.73. The van der Waals surface area contributed by atoms with Crippen LogP contribution in [0.3, 0.4) is 0 Å². The van der Waals surface area contributed by atoms with E-state index in [1.807, 2.05) is 41.9 Å². The van der Waals surface area contributed by atoms with Crippen molar-refractivity contribution in [2.75, 3.05) is 38.7 Å². The quantitative estimate of drug-likeness (QED) is 0.914. The predicted octanol–water partition coefficient (Wildman–Crippen LogP) is 1.89. The molecule has 3 rings (SSSR count). The second kappa shape index (κ2) is 7.59. The van der Waals surface area contributed by atoms with Gasteiger partial charge in [-0.25, -0.2) is 14.8 Å². The lowest BCUT2D eigenvalue weighted by molar-refractivity contribution is -0.0176. The second-order valence-electron chi connectivity index (χ2n) is 5.77. The van der Waals surface area contributed by atoms with Crippen LogP contribution >= 0.6 is 11.3 Å². The second-order valence-corrected chi connectivity index (χ2v) is 6.55. The zero-order valence-corrected chi connectivity index (χ0v) is 14.6. The molecular formula is C16H21N5O2S. The fraction of sp³-hybridized carbons (Fsp3) is 0.438. The Morgan fingerprint density at radius 1 is 1.50 bits per heavy atom. The highest BCUT2D eigenvalue weighted by Crippen LogP contribution is 2.21. The minimum Gasteiger partial charge on any atom is -0.368 e. The number of hydrogen-bond donors (Lipinski definition) is 1. The highest BCUT2D eigenvalue weighted by Gasteiger charge is 2.26. The number of morpholine rings is 1. The van der Waals surface area contributed by atoms with Crippen molar-refractivity contribution in [3.63, 3.8) is 0 Å². The largest absolute Gasteiger partial charge is 0.368 e. The number of thiophene rings is 1. The molecule has 1 aliphatic heterocycles. The molecule has 1 N–H and O–H groups in total. The van der Waals surface area contributed by atoms with Crippen molar-refractivity contribution >= 4 is 23.3 Å². The smallest absolute Gasteiger partial charge is 0.317 e. The fourth-order valence-corrected chi connectivity index (χ4v) is 3.12. The number of aromatic nitrogens is 2. The number of urea groups is 1. The maximum absolute atomic E-state index is 12.4. The van der Waals surface area contributed by atoms with Gasteiger partial charge < -0.3 is 19.9 Å². The third-order valence-corrected chi connectivity index (χ3v) is 4.50. The van der Waals surface area contributed by atoms with Crippen LogP contribution in [-0.4, -0.2) is 54.7 Å². The van der Waals surface area contributed by atoms with Crippen LogP contribution in [0, 0.1) is 0 Å². The van der Waals surface area contributed by atoms with E-state index in [4.69, 9.17) is 4.74 Å². The summed E-state index contributed by atoms with van der Waals surface area (Å²) in [6, 6.07) is 3.78. The molecule has 0 bridgehead atoms. The number of rotatable bonds is 4. The average molecular weight is 347 g/mol. The Morgan fingerprint density at radius 2 is 2.38 bits per heavy atom. The lowest BCUT2D eigenvalue weighted by Gasteiger charge is -2.32. The van der Waals surface area contributed by atoms with Crippen molar-refractivity contribution in [1.29, 1.82) is 0 Å². The van der Waals surface area contributed by atoms with Gasteiger partial charge in [-0.15, -0.1) is 0 Å². The van der Waals surface area contributed by atoms with E-state index in [0.29, 0.717) is 32.2 Å². The standard InChI is InChI=1S/C16H21N5O2S/c1-20(2)15-17-5-3-13(19-15)14-10-21(6-7-23-14)16(22)18-9-12-4-8-24-11-12/h3-5,8,11,14H,6-7,9-10H2,1-2H3,(H,18,22)/t14-/m1/s1. The van der Waals surface area contributed by atoms with E-state index in [9.17, 15) is 4.79 Å². The number of hydrogen-bond acceptors (Lipinski definition) is 6. The van der Waals surface area contributed by atoms with Gasteiger partial charge in [0.1, 0.15) is 6.10 Å². The number of ether oxygens (including phenoxy) is 1. The van der Waals surface area contributed by atoms with Gasteiger partial charge in [0.15, 0.2) is 0 Å². The molecule has 1 saturated heterocycles. The molecule has 2 aromatic heterocycles. The molecule has 8 heteroatoms. The maximum atomic E-state index is 12.4. The first-order valence-electron chi connectivity index (χ1n) is 7.79. The molecule has 0 spiro atoms. The molecule has 1 atom stereocenters. The number of anilines is 1. The Hall–Kier alpha value is -2.19. The number of nitrogens with zero attached hydrogens (tertiary/aromatic N) is 4. The summed E-state index contributed by atoms with van der Waals surface area (Å²) in [6.45, 7) is 2.11. The first-order chi connectivity index (χ1) is 11.6. The van der Waals surface area contributed by atoms with Crippen molar-refractivity contribution in [2.45, 2.75) is 12.6 Å². The highest BCUT2D eigenvalue weighted by atomic mass is 32.1. The molecule has 3 heterocycles. The summed E-state index contributed by atoms with van der Waals surface area (Å²) < 4.78 is 5.80. The van der Waals surface area contributed by atoms with Gasteiger partial charge >= 0.3 is 6.03 Å². The molecule has 0 radical (unpaired) electrons. The number of carbonyl (C=O) groups excluding carboxylic acids is 1. The molecule has 0 aromatic carbocycles. The molecule has 0 aliphatic carbocycles. The van der Waals surface area contributed by atoms with Crippen molar-refractivity contribution < 1.29 is 9.53 Å². The van der Waals surface area contributed by atoms with Gasteiger partial charge in [-0.1, -0.05) is 0 Å². The molecule has 1 aliphatic rings. The summed E-state index contributed by atoms with van der Waals surface area (Å²) in [4.78, 5) is 24.7. The molecule has 128 valence electrons. The van der Waals surface area contributed by atoms with E-state index in [-0.39, 0.29) is 12.1 Å². The van der Waals surface area contributed by atoms with Crippen LogP contribution in [0.1, 0.15) is 17.4 Å². The van der Waals surface area contributed by atoms with Crippen LogP contribution in [0.2, 0.25) is 0 Å². The maximum Gasteiger partial charge on any atom is 0.317 e. The lowest BCUT2D eigenvalue weighted by Crippen LogP contribution is -2.47. The Labute approximate surface area is 145 Å². The van der Waals surface area contributed by atoms with Crippen LogP contribution in [0.4, 0.5) is 10.7 Å². The Balaban J connectivity index is 1.61. The number of amides is 2. The molecule has 2 amide bonds. The summed E-state index contributed by atoms with van der Waals surface area (Å²) in [5.74, 6) is 0.634. The molecule has 0 saturated carbocycles. The summed E-state index contributed by atoms with van der Waals surface area (Å²) >= 11 is 1.63. The number of carbonyl (C=O) groups is 1. The summed E-state index contributed by atoms with van der Waals surface area (Å²) in [5.41, 5.74) is 1.91. The van der Waals surface area contributed by atoms with Gasteiger partial charge in [0, 0.05) is 33.4 Å². The minimum absolute atomic E-state index is 0.0728. The SMILES string of the molecule is CN(C)c1nccc([C@H]2CN(C(=O)NCc3ccsc3)CCO2)n1. The van der Waals surface area contributed by atoms with Crippen LogP contribution < -0.4 is 10.2 Å². The predicted molar refractivity (Wildman–Crippen MR) is 93.2 cm³/mol. The van der Waals surface area contributed by atoms with Crippen LogP contribution in [0.15, 0.2) is 29.1 Å². The van der Waals surface area contributed by atoms with Crippen LogP contribution in [0.5, 0.6) is 0 Å². The van der Waals surface area contributed by atoms with E-state index in [0.717, 1.165) is 11.3 Å². The Kier molecular flexibility index (Phi) is 5.27. The zero-order valence-electron chi connectivity index (χ0n) is 13.8. The van der Waals surface area contributed by atoms with Crippen LogP contribution in [-0.2, 0) is 11.3 Å². The lowest BCUT2D eigenvalue weighted by atomic mass is 10.2. The van der Waals surface area contributed by atoms with Crippen molar-refractivity contribution in [1.82, 2.24) is 20.2 Å². The van der Waals surface area contributed by atoms with Crippen molar-refractivity contribution in [3.05, 3.63) is 40.3 Å². The van der Waals surface area contributed by atoms with E-state index in [2.05, 4.69) is 15.3 Å². The Morgan fingerprint density at radius 3 is 3.12 bits per heavy atom. The summed E-state index contributed by atoms with van der Waals surface area (Å²) in [7, 11) is 3.79. The first kappa shape index (κ1) is 16.7. The number of nitrogens with one attached hydrogen (secondary N) is 1. The van der Waals surface area contributed by atoms with Gasteiger partial charge in [0.2, 0.25) is 5.95 Å². The average Bonchev–Trinajstić information content (AvgIpc) is 3.13. The normalized spacial score (nSPS) is 17.6. The van der Waals surface area contributed by atoms with E-state index >= 15 is 0 Å². The van der Waals surface area contributed by atoms with Gasteiger partial charge in [0.25, 0.3) is 0 Å². The van der Waals surface area contributed by atoms with Crippen molar-refractivity contribution in [3.8, 4) is 0 Å². The molecular weight excluding hydrogens is 326 g/mol. The Bertz CT molecular complexity index is 677. The topological polar surface area (TPSA) is 70.6 Å². The van der Waals surface area contributed by atoms with Gasteiger partial charge in [-0.3, -0.25) is 0 Å². The van der Waals surface area contributed by atoms with Gasteiger partial charge in [-0.2, -0.15) is 11.3 Å². The van der Waals surface area contributed by atoms with E-state index in [1.54, 1.807) is 22.4 Å². The molecule has 0 unspecified atom stereocenters. The molecule has 2 aromatic rings. The molecule has 1 fully saturated rings. The zero-order chi connectivity index (χ0) is 16.9. The monoisotopic (exact) mass is 347 g/mol. The molecule has 7 nitrogen and oxygen atoms in total. The van der Waals surface area contributed by atoms with Crippen molar-refractivity contribution in [2.24, 2.45) is 0 Å². The fourth-order valence-electron chi connectivity index (χ4n) is 2.45. The highest BCUT2D eigenvalue weighted by molar-refractivity contribution is 7.07. The van der Waals surface area contributed by atoms with E-state index in [1.165, 1.54) is 0 Å². The van der Waals surface area contributed by atoms with Gasteiger partial charge in [-0.05, 0) is 28.5 Å². The third-order valence-electron chi connectivity index (χ3n) is 3.77. The van der Waals surface area contributed by atoms with E-state index < -0.39 is 0 Å². The molecule has 24 heavy (non-hydrogen) atoms. The third kappa shape index (κ3) is 4.01. The van der Waals surface area contributed by atoms with Gasteiger partial charge in [0.05, 0.1) is 18.8 Å². The summed E-state index contributed by atoms with van der Waals surface area (Å²) in [5, 5.41) is 6.99. The van der Waals surface area contributed by atoms with Crippen LogP contribution in [0.25, 0.3) is 0 Å². The minimum atomic E-state index is -0.229. The summed E-state index contributed by atoms with van der Waals surface area (Å²) in [6.07, 6.45) is 1.49.